The Labute approximate surface area is 179 Å². The summed E-state index contributed by atoms with van der Waals surface area (Å²) in [5.41, 5.74) is 4.99. The normalized spacial score (nSPS) is 17.9. The molecule has 0 saturated heterocycles. The van der Waals surface area contributed by atoms with E-state index in [0.29, 0.717) is 30.8 Å². The van der Waals surface area contributed by atoms with Gasteiger partial charge >= 0.3 is 0 Å². The average Bonchev–Trinajstić information content (AvgIpc) is 2.72. The second-order valence-electron chi connectivity index (χ2n) is 8.97. The number of methoxy groups -OCH3 is 1. The number of nitrogens with two attached hydrogens (primary N) is 1. The molecule has 2 N–H and O–H groups in total. The second kappa shape index (κ2) is 17.9. The summed E-state index contributed by atoms with van der Waals surface area (Å²) in [5.74, 6) is 1.59. The molecule has 0 aromatic heterocycles. The van der Waals surface area contributed by atoms with E-state index < -0.39 is 0 Å². The number of amides is 1. The van der Waals surface area contributed by atoms with E-state index in [2.05, 4.69) is 0 Å². The van der Waals surface area contributed by atoms with Crippen LogP contribution in [0.2, 0.25) is 0 Å². The van der Waals surface area contributed by atoms with Crippen molar-refractivity contribution in [3.05, 3.63) is 0 Å². The summed E-state index contributed by atoms with van der Waals surface area (Å²) in [6.07, 6.45) is 13.5. The third-order valence-electron chi connectivity index (χ3n) is 5.62. The molecule has 2 saturated carbocycles. The van der Waals surface area contributed by atoms with Gasteiger partial charge in [-0.25, -0.2) is 0 Å². The van der Waals surface area contributed by atoms with E-state index in [-0.39, 0.29) is 11.8 Å². The van der Waals surface area contributed by atoms with Crippen molar-refractivity contribution in [1.29, 1.82) is 0 Å². The van der Waals surface area contributed by atoms with Gasteiger partial charge in [-0.1, -0.05) is 52.4 Å². The number of ketones is 1. The number of ether oxygens (including phenoxy) is 2. The van der Waals surface area contributed by atoms with Gasteiger partial charge in [-0.15, -0.1) is 0 Å². The van der Waals surface area contributed by atoms with E-state index >= 15 is 0 Å². The highest BCUT2D eigenvalue weighted by molar-refractivity contribution is 5.82. The Morgan fingerprint density at radius 2 is 1.38 bits per heavy atom. The molecule has 2 aliphatic carbocycles. The van der Waals surface area contributed by atoms with E-state index in [0.717, 1.165) is 25.4 Å². The fourth-order valence-corrected chi connectivity index (χ4v) is 3.64. The Morgan fingerprint density at radius 3 is 1.79 bits per heavy atom. The molecular formula is C24H47NO4. The van der Waals surface area contributed by atoms with Crippen LogP contribution in [-0.2, 0) is 19.1 Å². The van der Waals surface area contributed by atoms with Gasteiger partial charge in [0.25, 0.3) is 0 Å². The van der Waals surface area contributed by atoms with Crippen LogP contribution in [0.5, 0.6) is 0 Å². The number of primary amides is 1. The number of hydrogen-bond donors (Lipinski definition) is 1. The summed E-state index contributed by atoms with van der Waals surface area (Å²) >= 11 is 0. The molecule has 1 amide bonds. The van der Waals surface area contributed by atoms with Gasteiger partial charge in [0.05, 0.1) is 12.7 Å². The molecule has 0 unspecified atom stereocenters. The van der Waals surface area contributed by atoms with Crippen molar-refractivity contribution in [3.63, 3.8) is 0 Å². The molecule has 0 heterocycles. The van der Waals surface area contributed by atoms with E-state index in [1.54, 1.807) is 7.11 Å². The zero-order chi connectivity index (χ0) is 22.1. The van der Waals surface area contributed by atoms with Crippen LogP contribution in [0.3, 0.4) is 0 Å². The first-order valence-electron chi connectivity index (χ1n) is 11.7. The molecule has 2 aliphatic rings. The fourth-order valence-electron chi connectivity index (χ4n) is 3.64. The minimum Gasteiger partial charge on any atom is -0.382 e. The molecule has 0 aromatic rings. The van der Waals surface area contributed by atoms with Crippen molar-refractivity contribution in [2.24, 2.45) is 23.5 Å². The quantitative estimate of drug-likeness (QED) is 0.548. The van der Waals surface area contributed by atoms with Crippen molar-refractivity contribution in [2.75, 3.05) is 20.3 Å². The zero-order valence-electron chi connectivity index (χ0n) is 19.7. The lowest BCUT2D eigenvalue weighted by atomic mass is 9.83. The smallest absolute Gasteiger partial charge is 0.219 e. The van der Waals surface area contributed by atoms with Crippen LogP contribution in [-0.4, -0.2) is 38.1 Å². The maximum atomic E-state index is 11.5. The van der Waals surface area contributed by atoms with Gasteiger partial charge in [-0.2, -0.15) is 0 Å². The Morgan fingerprint density at radius 1 is 0.897 bits per heavy atom. The first kappa shape index (κ1) is 28.1. The number of carbonyl (C=O) groups excluding carboxylic acids is 2. The molecule has 29 heavy (non-hydrogen) atoms. The summed E-state index contributed by atoms with van der Waals surface area (Å²) in [4.78, 5) is 21.9. The zero-order valence-corrected chi connectivity index (χ0v) is 19.7. The third-order valence-corrected chi connectivity index (χ3v) is 5.62. The van der Waals surface area contributed by atoms with E-state index in [1.807, 2.05) is 27.7 Å². The van der Waals surface area contributed by atoms with Crippen molar-refractivity contribution < 1.29 is 19.1 Å². The maximum Gasteiger partial charge on any atom is 0.219 e. The summed E-state index contributed by atoms with van der Waals surface area (Å²) in [6.45, 7) is 9.33. The fraction of sp³-hybridized carbons (Fsp3) is 0.917. The number of hydrogen-bond acceptors (Lipinski definition) is 4. The lowest BCUT2D eigenvalue weighted by Gasteiger charge is -2.21. The molecule has 2 fully saturated rings. The van der Waals surface area contributed by atoms with Crippen molar-refractivity contribution in [3.8, 4) is 0 Å². The highest BCUT2D eigenvalue weighted by atomic mass is 16.5. The van der Waals surface area contributed by atoms with Gasteiger partial charge in [0, 0.05) is 32.0 Å². The summed E-state index contributed by atoms with van der Waals surface area (Å²) in [7, 11) is 1.70. The van der Waals surface area contributed by atoms with Crippen LogP contribution in [0.4, 0.5) is 0 Å². The van der Waals surface area contributed by atoms with E-state index in [1.165, 1.54) is 51.4 Å². The molecule has 0 atom stereocenters. The summed E-state index contributed by atoms with van der Waals surface area (Å²) in [6, 6.07) is 0. The molecule has 0 spiro atoms. The first-order valence-corrected chi connectivity index (χ1v) is 11.7. The minimum atomic E-state index is -0.274. The lowest BCUT2D eigenvalue weighted by Crippen LogP contribution is -2.21. The molecule has 5 heteroatoms. The molecule has 0 aromatic carbocycles. The largest absolute Gasteiger partial charge is 0.382 e. The van der Waals surface area contributed by atoms with Crippen molar-refractivity contribution in [2.45, 2.75) is 104 Å². The van der Waals surface area contributed by atoms with Gasteiger partial charge < -0.3 is 15.2 Å². The van der Waals surface area contributed by atoms with Crippen LogP contribution in [0.25, 0.3) is 0 Å². The predicted octanol–water partition coefficient (Wildman–Crippen LogP) is 5.29. The molecular weight excluding hydrogens is 366 g/mol. The lowest BCUT2D eigenvalue weighted by molar-refractivity contribution is -0.126. The Hall–Kier alpha value is -0.940. The summed E-state index contributed by atoms with van der Waals surface area (Å²) in [5, 5.41) is 0. The number of Topliss-reactive ketones (excluding diaryl/α,β-unsaturated/α-hetero) is 1. The van der Waals surface area contributed by atoms with Crippen molar-refractivity contribution >= 4 is 11.7 Å². The third kappa shape index (κ3) is 16.5. The van der Waals surface area contributed by atoms with Crippen molar-refractivity contribution in [1.82, 2.24) is 0 Å². The molecule has 0 bridgehead atoms. The Kier molecular flexibility index (Phi) is 17.3. The van der Waals surface area contributed by atoms with E-state index in [9.17, 15) is 9.59 Å². The van der Waals surface area contributed by atoms with Crippen LogP contribution < -0.4 is 5.73 Å². The van der Waals surface area contributed by atoms with Gasteiger partial charge in [0.1, 0.15) is 5.78 Å². The SMILES string of the molecule is CC(C)C(=O)C1CCCCC1.COC(C)C.NC(=O)CCOCC1CCCCC1. The van der Waals surface area contributed by atoms with E-state index in [4.69, 9.17) is 15.2 Å². The van der Waals surface area contributed by atoms with Crippen LogP contribution in [0.1, 0.15) is 98.3 Å². The summed E-state index contributed by atoms with van der Waals surface area (Å²) < 4.78 is 10.1. The highest BCUT2D eigenvalue weighted by Crippen LogP contribution is 2.26. The average molecular weight is 414 g/mol. The van der Waals surface area contributed by atoms with Crippen LogP contribution >= 0.6 is 0 Å². The number of carbonyl (C=O) groups is 2. The predicted molar refractivity (Wildman–Crippen MR) is 120 cm³/mol. The highest BCUT2D eigenvalue weighted by Gasteiger charge is 2.22. The number of rotatable bonds is 8. The first-order chi connectivity index (χ1) is 13.8. The standard InChI is InChI=1S/C10H19NO2.C10H18O.C4H10O/c11-10(12)6-7-13-8-9-4-2-1-3-5-9;1-8(2)10(11)9-6-4-3-5-7-9;1-4(2)5-3/h9H,1-8H2,(H2,11,12);8-9H,3-7H2,1-2H3;4H,1-3H3. The molecule has 0 aliphatic heterocycles. The molecule has 0 radical (unpaired) electrons. The Balaban J connectivity index is 0.000000445. The van der Waals surface area contributed by atoms with Crippen LogP contribution in [0, 0.1) is 17.8 Å². The second-order valence-corrected chi connectivity index (χ2v) is 8.97. The van der Waals surface area contributed by atoms with Gasteiger partial charge in [-0.05, 0) is 45.4 Å². The van der Waals surface area contributed by atoms with Gasteiger partial charge in [0.2, 0.25) is 5.91 Å². The molecule has 172 valence electrons. The monoisotopic (exact) mass is 413 g/mol. The van der Waals surface area contributed by atoms with Gasteiger partial charge in [0.15, 0.2) is 0 Å². The minimum absolute atomic E-state index is 0.248. The molecule has 5 nitrogen and oxygen atoms in total. The Bertz CT molecular complexity index is 411. The molecule has 2 rings (SSSR count). The maximum absolute atomic E-state index is 11.5. The topological polar surface area (TPSA) is 78.6 Å². The van der Waals surface area contributed by atoms with Crippen LogP contribution in [0.15, 0.2) is 0 Å². The van der Waals surface area contributed by atoms with Gasteiger partial charge in [-0.3, -0.25) is 9.59 Å².